The molecule has 0 aromatic heterocycles. The van der Waals surface area contributed by atoms with Crippen LogP contribution in [0.15, 0.2) is 24.3 Å². The molecule has 2 atom stereocenters. The van der Waals surface area contributed by atoms with Crippen molar-refractivity contribution in [2.24, 2.45) is 5.92 Å². The maximum Gasteiger partial charge on any atom is 0.469 e. The highest BCUT2D eigenvalue weighted by molar-refractivity contribution is 6.90. The standard InChI is InChI=1S/C27H51NO7Si4/c1-32-23-17-15-22(16-18-23)25(29)27(31)19-12-11-14-24(27)26(30)28-20-13-21-39(33-36(2,3)4,34-37(5,6)7)35-38(8,9)10/h15-18,24,31H,11-14,19-21H2,1-10H3,(H,28,30). The van der Waals surface area contributed by atoms with Crippen LogP contribution in [-0.4, -0.2) is 69.8 Å². The molecule has 0 bridgehead atoms. The zero-order valence-electron chi connectivity index (χ0n) is 25.7. The number of methoxy groups -OCH3 is 1. The van der Waals surface area contributed by atoms with Crippen molar-refractivity contribution in [3.63, 3.8) is 0 Å². The Kier molecular flexibility index (Phi) is 11.6. The molecule has 1 saturated carbocycles. The Morgan fingerprint density at radius 2 is 1.41 bits per heavy atom. The minimum Gasteiger partial charge on any atom is -0.497 e. The van der Waals surface area contributed by atoms with E-state index in [1.165, 1.54) is 0 Å². The fourth-order valence-electron chi connectivity index (χ4n) is 5.02. The van der Waals surface area contributed by atoms with E-state index in [9.17, 15) is 14.7 Å². The van der Waals surface area contributed by atoms with E-state index in [0.717, 1.165) is 6.42 Å². The molecule has 1 aromatic rings. The molecule has 1 aliphatic rings. The molecule has 1 amide bonds. The molecular formula is C27H51NO7Si4. The molecule has 8 nitrogen and oxygen atoms in total. The fraction of sp³-hybridized carbons (Fsp3) is 0.704. The van der Waals surface area contributed by atoms with Crippen molar-refractivity contribution in [2.75, 3.05) is 13.7 Å². The van der Waals surface area contributed by atoms with Crippen LogP contribution < -0.4 is 10.1 Å². The molecule has 0 heterocycles. The smallest absolute Gasteiger partial charge is 0.469 e. The largest absolute Gasteiger partial charge is 0.497 e. The number of carbonyl (C=O) groups excluding carboxylic acids is 2. The van der Waals surface area contributed by atoms with Crippen molar-refractivity contribution in [2.45, 2.75) is 103 Å². The summed E-state index contributed by atoms with van der Waals surface area (Å²) in [7, 11) is -7.37. The second kappa shape index (κ2) is 13.2. The third kappa shape index (κ3) is 10.7. The molecular weight excluding hydrogens is 563 g/mol. The topological polar surface area (TPSA) is 103 Å². The van der Waals surface area contributed by atoms with Crippen LogP contribution in [0.25, 0.3) is 0 Å². The maximum atomic E-state index is 13.4. The number of benzene rings is 1. The molecule has 1 aromatic carbocycles. The summed E-state index contributed by atoms with van der Waals surface area (Å²) in [6, 6.07) is 7.28. The minimum atomic E-state index is -2.99. The van der Waals surface area contributed by atoms with Crippen LogP contribution in [0.1, 0.15) is 42.5 Å². The highest BCUT2D eigenvalue weighted by Crippen LogP contribution is 2.37. The van der Waals surface area contributed by atoms with Gasteiger partial charge in [-0.2, -0.15) is 0 Å². The maximum absolute atomic E-state index is 13.4. The van der Waals surface area contributed by atoms with Crippen molar-refractivity contribution in [1.29, 1.82) is 0 Å². The Morgan fingerprint density at radius 1 is 0.897 bits per heavy atom. The summed E-state index contributed by atoms with van der Waals surface area (Å²) in [5.41, 5.74) is -1.34. The highest BCUT2D eigenvalue weighted by atomic mass is 28.5. The van der Waals surface area contributed by atoms with Crippen LogP contribution in [0.2, 0.25) is 65.0 Å². The quantitative estimate of drug-likeness (QED) is 0.155. The number of aliphatic hydroxyl groups is 1. The molecule has 12 heteroatoms. The van der Waals surface area contributed by atoms with Gasteiger partial charge in [-0.05, 0) is 102 Å². The van der Waals surface area contributed by atoms with Gasteiger partial charge < -0.3 is 27.5 Å². The number of hydrogen-bond donors (Lipinski definition) is 2. The van der Waals surface area contributed by atoms with Crippen LogP contribution in [-0.2, 0) is 17.1 Å². The average molecular weight is 614 g/mol. The number of rotatable bonds is 14. The van der Waals surface area contributed by atoms with E-state index in [-0.39, 0.29) is 12.3 Å². The number of carbonyl (C=O) groups is 2. The van der Waals surface area contributed by atoms with Gasteiger partial charge in [0, 0.05) is 18.2 Å². The van der Waals surface area contributed by atoms with Gasteiger partial charge in [0.1, 0.15) is 11.4 Å². The van der Waals surface area contributed by atoms with Gasteiger partial charge in [0.2, 0.25) is 5.91 Å². The van der Waals surface area contributed by atoms with Crippen molar-refractivity contribution < 1.29 is 31.8 Å². The van der Waals surface area contributed by atoms with E-state index in [2.05, 4.69) is 64.2 Å². The molecule has 2 N–H and O–H groups in total. The SMILES string of the molecule is COc1ccc(C(=O)C2(O)CCCCC2C(=O)NCCC[Si](O[Si](C)(C)C)(O[Si](C)(C)C)O[Si](C)(C)C)cc1. The van der Waals surface area contributed by atoms with Gasteiger partial charge in [-0.15, -0.1) is 0 Å². The van der Waals surface area contributed by atoms with Gasteiger partial charge in [-0.25, -0.2) is 0 Å². The first-order chi connectivity index (χ1) is 17.8. The van der Waals surface area contributed by atoms with E-state index in [1.54, 1.807) is 31.4 Å². The van der Waals surface area contributed by atoms with E-state index >= 15 is 0 Å². The van der Waals surface area contributed by atoms with E-state index in [4.69, 9.17) is 17.1 Å². The van der Waals surface area contributed by atoms with Gasteiger partial charge in [0.05, 0.1) is 13.0 Å². The third-order valence-electron chi connectivity index (χ3n) is 6.28. The normalized spacial score (nSPS) is 20.9. The number of Topliss-reactive ketones (excluding diaryl/α,β-unsaturated/α-hetero) is 1. The monoisotopic (exact) mass is 613 g/mol. The number of nitrogens with one attached hydrogen (secondary N) is 1. The van der Waals surface area contributed by atoms with Gasteiger partial charge >= 0.3 is 8.80 Å². The molecule has 0 saturated heterocycles. The predicted molar refractivity (Wildman–Crippen MR) is 166 cm³/mol. The van der Waals surface area contributed by atoms with E-state index in [0.29, 0.717) is 43.2 Å². The first-order valence-electron chi connectivity index (χ1n) is 14.1. The van der Waals surface area contributed by atoms with Gasteiger partial charge in [0.25, 0.3) is 0 Å². The highest BCUT2D eigenvalue weighted by Gasteiger charge is 2.51. The molecule has 1 aliphatic carbocycles. The molecule has 222 valence electrons. The lowest BCUT2D eigenvalue weighted by molar-refractivity contribution is -0.134. The Bertz CT molecular complexity index is 930. The summed E-state index contributed by atoms with van der Waals surface area (Å²) < 4.78 is 25.4. The summed E-state index contributed by atoms with van der Waals surface area (Å²) >= 11 is 0. The second-order valence-electron chi connectivity index (χ2n) is 13.5. The first kappa shape index (κ1) is 34.1. The first-order valence-corrected chi connectivity index (χ1v) is 26.2. The lowest BCUT2D eigenvalue weighted by Crippen LogP contribution is -2.60. The molecule has 0 aliphatic heterocycles. The van der Waals surface area contributed by atoms with Crippen LogP contribution in [0.4, 0.5) is 0 Å². The Balaban J connectivity index is 2.14. The fourth-order valence-corrected chi connectivity index (χ4v) is 19.7. The van der Waals surface area contributed by atoms with Crippen LogP contribution in [0, 0.1) is 5.92 Å². The summed E-state index contributed by atoms with van der Waals surface area (Å²) in [6.45, 7) is 19.8. The lowest BCUT2D eigenvalue weighted by atomic mass is 9.71. The summed E-state index contributed by atoms with van der Waals surface area (Å²) in [6.07, 6.45) is 2.87. The third-order valence-corrected chi connectivity index (χ3v) is 18.3. The predicted octanol–water partition coefficient (Wildman–Crippen LogP) is 5.80. The van der Waals surface area contributed by atoms with Crippen molar-refractivity contribution in [1.82, 2.24) is 5.32 Å². The Labute approximate surface area is 239 Å². The molecule has 1 fully saturated rings. The Hall–Kier alpha value is -1.13. The van der Waals surface area contributed by atoms with Gasteiger partial charge in [-0.1, -0.05) is 12.8 Å². The van der Waals surface area contributed by atoms with E-state index in [1.807, 2.05) is 0 Å². The van der Waals surface area contributed by atoms with Crippen LogP contribution >= 0.6 is 0 Å². The van der Waals surface area contributed by atoms with Crippen molar-refractivity contribution in [3.8, 4) is 5.75 Å². The summed E-state index contributed by atoms with van der Waals surface area (Å²) in [5.74, 6) is -0.857. The summed E-state index contributed by atoms with van der Waals surface area (Å²) in [5, 5.41) is 14.5. The van der Waals surface area contributed by atoms with E-state index < -0.39 is 51.1 Å². The lowest BCUT2D eigenvalue weighted by Gasteiger charge is -2.43. The van der Waals surface area contributed by atoms with Gasteiger partial charge in [0.15, 0.2) is 30.7 Å². The second-order valence-corrected chi connectivity index (χ2v) is 30.5. The van der Waals surface area contributed by atoms with Crippen molar-refractivity contribution >= 4 is 45.4 Å². The number of hydrogen-bond acceptors (Lipinski definition) is 7. The number of ether oxygens (including phenoxy) is 1. The van der Waals surface area contributed by atoms with Crippen molar-refractivity contribution in [3.05, 3.63) is 29.8 Å². The number of ketones is 1. The van der Waals surface area contributed by atoms with Crippen LogP contribution in [0.5, 0.6) is 5.75 Å². The zero-order valence-corrected chi connectivity index (χ0v) is 29.7. The minimum absolute atomic E-state index is 0.268. The average Bonchev–Trinajstić information content (AvgIpc) is 2.78. The molecule has 0 radical (unpaired) electrons. The number of amides is 1. The summed E-state index contributed by atoms with van der Waals surface area (Å²) in [4.78, 5) is 26.7. The molecule has 39 heavy (non-hydrogen) atoms. The van der Waals surface area contributed by atoms with Crippen LogP contribution in [0.3, 0.4) is 0 Å². The molecule has 2 unspecified atom stereocenters. The molecule has 2 rings (SSSR count). The Morgan fingerprint density at radius 3 is 1.87 bits per heavy atom. The molecule has 0 spiro atoms. The van der Waals surface area contributed by atoms with Gasteiger partial charge in [-0.3, -0.25) is 9.59 Å². The zero-order chi connectivity index (χ0) is 29.7.